The molecule has 4 nitrogen and oxygen atoms in total. The van der Waals surface area contributed by atoms with E-state index in [0.29, 0.717) is 11.8 Å². The van der Waals surface area contributed by atoms with Crippen LogP contribution < -0.4 is 0 Å². The molecule has 0 atom stereocenters. The number of benzene rings is 1. The molecule has 4 heteroatoms. The van der Waals surface area contributed by atoms with Gasteiger partial charge in [0, 0.05) is 31.0 Å². The predicted molar refractivity (Wildman–Crippen MR) is 98.4 cm³/mol. The zero-order valence-corrected chi connectivity index (χ0v) is 15.3. The molecule has 2 rings (SSSR count). The van der Waals surface area contributed by atoms with E-state index in [1.807, 2.05) is 41.4 Å². The summed E-state index contributed by atoms with van der Waals surface area (Å²) in [5.74, 6) is 1.33. The Morgan fingerprint density at radius 3 is 2.08 bits per heavy atom. The van der Waals surface area contributed by atoms with E-state index in [1.54, 1.807) is 10.9 Å². The van der Waals surface area contributed by atoms with Crippen molar-refractivity contribution in [2.75, 3.05) is 13.1 Å². The number of carbonyl (C=O) groups excluding carboxylic acids is 1. The third-order valence-corrected chi connectivity index (χ3v) is 4.12. The van der Waals surface area contributed by atoms with Crippen LogP contribution in [0.25, 0.3) is 5.69 Å². The Morgan fingerprint density at radius 1 is 1.04 bits per heavy atom. The van der Waals surface area contributed by atoms with Crippen molar-refractivity contribution in [2.45, 2.75) is 40.5 Å². The molecule has 0 bridgehead atoms. The molecule has 0 fully saturated rings. The molecule has 0 radical (unpaired) electrons. The van der Waals surface area contributed by atoms with E-state index in [4.69, 9.17) is 0 Å². The molecule has 130 valence electrons. The highest BCUT2D eigenvalue weighted by Crippen LogP contribution is 2.14. The summed E-state index contributed by atoms with van der Waals surface area (Å²) in [7, 11) is 0. The van der Waals surface area contributed by atoms with Gasteiger partial charge in [0.1, 0.15) is 0 Å². The molecule has 2 aromatic rings. The minimum Gasteiger partial charge on any atom is -0.339 e. The Bertz CT molecular complexity index is 603. The standard InChI is InChI=1S/C20H29N3O/c1-16(2)10-14-22(15-11-17(3)4)20(24)18-6-8-19(9-7-18)23-13-5-12-21-23/h5-9,12-13,16-17H,10-11,14-15H2,1-4H3. The molecule has 0 N–H and O–H groups in total. The van der Waals surface area contributed by atoms with Crippen LogP contribution in [0.1, 0.15) is 50.9 Å². The molecular formula is C20H29N3O. The Kier molecular flexibility index (Phi) is 6.59. The minimum atomic E-state index is 0.128. The van der Waals surface area contributed by atoms with Gasteiger partial charge in [-0.25, -0.2) is 4.68 Å². The maximum Gasteiger partial charge on any atom is 0.253 e. The summed E-state index contributed by atoms with van der Waals surface area (Å²) >= 11 is 0. The van der Waals surface area contributed by atoms with Crippen LogP contribution in [0.4, 0.5) is 0 Å². The van der Waals surface area contributed by atoms with Crippen molar-refractivity contribution in [1.29, 1.82) is 0 Å². The quantitative estimate of drug-likeness (QED) is 0.720. The fraction of sp³-hybridized carbons (Fsp3) is 0.500. The van der Waals surface area contributed by atoms with Crippen LogP contribution in [-0.2, 0) is 0 Å². The predicted octanol–water partition coefficient (Wildman–Crippen LogP) is 4.41. The fourth-order valence-electron chi connectivity index (χ4n) is 2.50. The molecule has 0 unspecified atom stereocenters. The summed E-state index contributed by atoms with van der Waals surface area (Å²) < 4.78 is 1.80. The average molecular weight is 327 g/mol. The van der Waals surface area contributed by atoms with Gasteiger partial charge in [0.25, 0.3) is 5.91 Å². The second kappa shape index (κ2) is 8.67. The molecule has 1 heterocycles. The van der Waals surface area contributed by atoms with Crippen molar-refractivity contribution < 1.29 is 4.79 Å². The van der Waals surface area contributed by atoms with Gasteiger partial charge in [-0.05, 0) is 55.0 Å². The molecule has 0 spiro atoms. The van der Waals surface area contributed by atoms with E-state index >= 15 is 0 Å². The van der Waals surface area contributed by atoms with Gasteiger partial charge < -0.3 is 4.90 Å². The first-order valence-electron chi connectivity index (χ1n) is 8.86. The molecule has 0 aliphatic heterocycles. The zero-order chi connectivity index (χ0) is 17.5. The van der Waals surface area contributed by atoms with Crippen LogP contribution in [-0.4, -0.2) is 33.7 Å². The van der Waals surface area contributed by atoms with Gasteiger partial charge in [0.05, 0.1) is 5.69 Å². The lowest BCUT2D eigenvalue weighted by atomic mass is 10.1. The van der Waals surface area contributed by atoms with E-state index in [9.17, 15) is 4.79 Å². The SMILES string of the molecule is CC(C)CCN(CCC(C)C)C(=O)c1ccc(-n2cccn2)cc1. The number of hydrogen-bond acceptors (Lipinski definition) is 2. The van der Waals surface area contributed by atoms with Crippen LogP contribution in [0, 0.1) is 11.8 Å². The van der Waals surface area contributed by atoms with Gasteiger partial charge in [0.2, 0.25) is 0 Å². The average Bonchev–Trinajstić information content (AvgIpc) is 3.08. The largest absolute Gasteiger partial charge is 0.339 e. The van der Waals surface area contributed by atoms with Crippen LogP contribution in [0.3, 0.4) is 0 Å². The zero-order valence-electron chi connectivity index (χ0n) is 15.3. The van der Waals surface area contributed by atoms with Crippen molar-refractivity contribution in [2.24, 2.45) is 11.8 Å². The lowest BCUT2D eigenvalue weighted by Crippen LogP contribution is -2.34. The molecule has 0 saturated carbocycles. The summed E-state index contributed by atoms with van der Waals surface area (Å²) in [6.45, 7) is 10.4. The lowest BCUT2D eigenvalue weighted by molar-refractivity contribution is 0.0741. The third kappa shape index (κ3) is 5.22. The lowest BCUT2D eigenvalue weighted by Gasteiger charge is -2.24. The highest BCUT2D eigenvalue weighted by Gasteiger charge is 2.16. The number of aromatic nitrogens is 2. The van der Waals surface area contributed by atoms with Crippen LogP contribution in [0.5, 0.6) is 0 Å². The fourth-order valence-corrected chi connectivity index (χ4v) is 2.50. The Hall–Kier alpha value is -2.10. The minimum absolute atomic E-state index is 0.128. The number of amides is 1. The number of nitrogens with zero attached hydrogens (tertiary/aromatic N) is 3. The van der Waals surface area contributed by atoms with Crippen LogP contribution >= 0.6 is 0 Å². The second-order valence-electron chi connectivity index (χ2n) is 7.15. The topological polar surface area (TPSA) is 38.1 Å². The molecule has 0 aliphatic rings. The summed E-state index contributed by atoms with van der Waals surface area (Å²) in [5, 5.41) is 4.22. The van der Waals surface area contributed by atoms with Gasteiger partial charge in [-0.3, -0.25) is 4.79 Å². The van der Waals surface area contributed by atoms with Gasteiger partial charge in [-0.15, -0.1) is 0 Å². The number of carbonyl (C=O) groups is 1. The van der Waals surface area contributed by atoms with Gasteiger partial charge in [0.15, 0.2) is 0 Å². The summed E-state index contributed by atoms with van der Waals surface area (Å²) in [4.78, 5) is 14.9. The maximum absolute atomic E-state index is 12.9. The van der Waals surface area contributed by atoms with E-state index < -0.39 is 0 Å². The molecular weight excluding hydrogens is 298 g/mol. The summed E-state index contributed by atoms with van der Waals surface area (Å²) in [6.07, 6.45) is 5.72. The molecule has 1 aromatic heterocycles. The van der Waals surface area contributed by atoms with Crippen molar-refractivity contribution in [3.8, 4) is 5.69 Å². The van der Waals surface area contributed by atoms with Crippen LogP contribution in [0.2, 0.25) is 0 Å². The Morgan fingerprint density at radius 2 is 1.62 bits per heavy atom. The smallest absolute Gasteiger partial charge is 0.253 e. The van der Waals surface area contributed by atoms with Gasteiger partial charge in [-0.2, -0.15) is 5.10 Å². The summed E-state index contributed by atoms with van der Waals surface area (Å²) in [6, 6.07) is 9.58. The normalized spacial score (nSPS) is 11.2. The first-order chi connectivity index (χ1) is 11.5. The number of rotatable bonds is 8. The van der Waals surface area contributed by atoms with Gasteiger partial charge >= 0.3 is 0 Å². The van der Waals surface area contributed by atoms with Gasteiger partial charge in [-0.1, -0.05) is 27.7 Å². The summed E-state index contributed by atoms with van der Waals surface area (Å²) in [5.41, 5.74) is 1.71. The Balaban J connectivity index is 2.09. The van der Waals surface area contributed by atoms with Crippen molar-refractivity contribution in [3.63, 3.8) is 0 Å². The van der Waals surface area contributed by atoms with Crippen molar-refractivity contribution in [3.05, 3.63) is 48.3 Å². The molecule has 0 aliphatic carbocycles. The first-order valence-corrected chi connectivity index (χ1v) is 8.86. The molecule has 1 aromatic carbocycles. The van der Waals surface area contributed by atoms with E-state index in [1.165, 1.54) is 0 Å². The molecule has 0 saturated heterocycles. The highest BCUT2D eigenvalue weighted by atomic mass is 16.2. The maximum atomic E-state index is 12.9. The number of hydrogen-bond donors (Lipinski definition) is 0. The van der Waals surface area contributed by atoms with E-state index in [-0.39, 0.29) is 5.91 Å². The second-order valence-corrected chi connectivity index (χ2v) is 7.15. The Labute approximate surface area is 145 Å². The van der Waals surface area contributed by atoms with Crippen molar-refractivity contribution in [1.82, 2.24) is 14.7 Å². The first kappa shape index (κ1) is 18.2. The van der Waals surface area contributed by atoms with Crippen LogP contribution in [0.15, 0.2) is 42.7 Å². The monoisotopic (exact) mass is 327 g/mol. The highest BCUT2D eigenvalue weighted by molar-refractivity contribution is 5.94. The molecule has 1 amide bonds. The van der Waals surface area contributed by atoms with Crippen molar-refractivity contribution >= 4 is 5.91 Å². The molecule has 24 heavy (non-hydrogen) atoms. The van der Waals surface area contributed by atoms with E-state index in [0.717, 1.165) is 37.2 Å². The van der Waals surface area contributed by atoms with E-state index in [2.05, 4.69) is 32.8 Å². The third-order valence-electron chi connectivity index (χ3n) is 4.12.